The fraction of sp³-hybridized carbons (Fsp3) is 0.632. The standard InChI is InChI=1S/C19H26N2O5/c1-24-14-8-6-13(7-9-14)11-21-12-19(10-15(21)18(22)20-23)25-16-4-2-3-5-17(16)26-19/h6-9,15-17,23H,2-5,10-12H2,1H3,(H,20,22)/t15-,16?,17?,19?/m1/s1. The van der Waals surface area contributed by atoms with Gasteiger partial charge >= 0.3 is 0 Å². The molecule has 2 unspecified atom stereocenters. The van der Waals surface area contributed by atoms with Gasteiger partial charge in [0.1, 0.15) is 5.75 Å². The van der Waals surface area contributed by atoms with Gasteiger partial charge in [-0.3, -0.25) is 14.9 Å². The Bertz CT molecular complexity index is 636. The lowest BCUT2D eigenvalue weighted by molar-refractivity contribution is -0.165. The van der Waals surface area contributed by atoms with Gasteiger partial charge in [0.05, 0.1) is 31.9 Å². The van der Waals surface area contributed by atoms with Crippen molar-refractivity contribution >= 4 is 5.91 Å². The van der Waals surface area contributed by atoms with Crippen molar-refractivity contribution in [2.24, 2.45) is 0 Å². The van der Waals surface area contributed by atoms with Gasteiger partial charge in [-0.25, -0.2) is 5.48 Å². The van der Waals surface area contributed by atoms with E-state index in [1.807, 2.05) is 29.2 Å². The van der Waals surface area contributed by atoms with Gasteiger partial charge in [0.2, 0.25) is 0 Å². The summed E-state index contributed by atoms with van der Waals surface area (Å²) >= 11 is 0. The Balaban J connectivity index is 1.51. The fourth-order valence-corrected chi connectivity index (χ4v) is 4.46. The van der Waals surface area contributed by atoms with Gasteiger partial charge in [-0.05, 0) is 30.5 Å². The van der Waals surface area contributed by atoms with Crippen LogP contribution in [-0.2, 0) is 20.8 Å². The molecule has 7 nitrogen and oxygen atoms in total. The number of nitrogens with one attached hydrogen (secondary N) is 1. The molecule has 0 radical (unpaired) electrons. The molecule has 1 spiro atoms. The normalized spacial score (nSPS) is 34.0. The maximum atomic E-state index is 12.2. The van der Waals surface area contributed by atoms with E-state index in [2.05, 4.69) is 0 Å². The van der Waals surface area contributed by atoms with E-state index in [0.29, 0.717) is 19.5 Å². The number of hydrogen-bond acceptors (Lipinski definition) is 6. The van der Waals surface area contributed by atoms with Crippen molar-refractivity contribution in [1.29, 1.82) is 0 Å². The smallest absolute Gasteiger partial charge is 0.260 e. The highest BCUT2D eigenvalue weighted by Gasteiger charge is 2.56. The molecule has 7 heteroatoms. The van der Waals surface area contributed by atoms with Gasteiger partial charge in [0.25, 0.3) is 5.91 Å². The molecule has 0 aromatic heterocycles. The third-order valence-electron chi connectivity index (χ3n) is 5.72. The number of hydroxylamine groups is 1. The lowest BCUT2D eigenvalue weighted by atomic mass is 9.95. The van der Waals surface area contributed by atoms with Crippen molar-refractivity contribution < 1.29 is 24.2 Å². The van der Waals surface area contributed by atoms with E-state index in [4.69, 9.17) is 19.4 Å². The molecule has 2 N–H and O–H groups in total. The summed E-state index contributed by atoms with van der Waals surface area (Å²) in [6.07, 6.45) is 5.05. The summed E-state index contributed by atoms with van der Waals surface area (Å²) in [6, 6.07) is 7.28. The Morgan fingerprint density at radius 1 is 1.27 bits per heavy atom. The summed E-state index contributed by atoms with van der Waals surface area (Å²) in [4.78, 5) is 14.3. The zero-order chi connectivity index (χ0) is 18.1. The van der Waals surface area contributed by atoms with E-state index >= 15 is 0 Å². The quantitative estimate of drug-likeness (QED) is 0.628. The number of nitrogens with zero attached hydrogens (tertiary/aromatic N) is 1. The average molecular weight is 362 g/mol. The van der Waals surface area contributed by atoms with Crippen molar-refractivity contribution in [1.82, 2.24) is 10.4 Å². The first-order valence-corrected chi connectivity index (χ1v) is 9.29. The number of ether oxygens (including phenoxy) is 3. The summed E-state index contributed by atoms with van der Waals surface area (Å²) < 4.78 is 17.8. The van der Waals surface area contributed by atoms with Crippen LogP contribution in [0.1, 0.15) is 37.7 Å². The molecule has 2 heterocycles. The van der Waals surface area contributed by atoms with Crippen LogP contribution in [0.4, 0.5) is 0 Å². The van der Waals surface area contributed by atoms with Crippen LogP contribution in [0, 0.1) is 0 Å². The van der Waals surface area contributed by atoms with Crippen LogP contribution in [0.5, 0.6) is 5.75 Å². The van der Waals surface area contributed by atoms with Crippen molar-refractivity contribution in [3.63, 3.8) is 0 Å². The highest BCUT2D eigenvalue weighted by molar-refractivity contribution is 5.81. The zero-order valence-electron chi connectivity index (χ0n) is 15.0. The van der Waals surface area contributed by atoms with Crippen molar-refractivity contribution in [2.45, 2.75) is 62.7 Å². The highest BCUT2D eigenvalue weighted by Crippen LogP contribution is 2.44. The van der Waals surface area contributed by atoms with Crippen LogP contribution in [0.25, 0.3) is 0 Å². The Labute approximate surface area is 153 Å². The maximum absolute atomic E-state index is 12.2. The van der Waals surface area contributed by atoms with Crippen LogP contribution in [0.15, 0.2) is 24.3 Å². The molecular weight excluding hydrogens is 336 g/mol. The van der Waals surface area contributed by atoms with Crippen LogP contribution in [0.2, 0.25) is 0 Å². The molecule has 1 saturated carbocycles. The van der Waals surface area contributed by atoms with Crippen molar-refractivity contribution in [3.05, 3.63) is 29.8 Å². The molecule has 142 valence electrons. The third kappa shape index (κ3) is 3.32. The second kappa shape index (κ2) is 7.15. The summed E-state index contributed by atoms with van der Waals surface area (Å²) in [5.74, 6) is -0.371. The van der Waals surface area contributed by atoms with E-state index in [1.54, 1.807) is 12.6 Å². The Hall–Kier alpha value is -1.67. The fourth-order valence-electron chi connectivity index (χ4n) is 4.46. The molecule has 3 fully saturated rings. The topological polar surface area (TPSA) is 80.3 Å². The van der Waals surface area contributed by atoms with Gasteiger partial charge in [0, 0.05) is 13.0 Å². The first-order valence-electron chi connectivity index (χ1n) is 9.29. The van der Waals surface area contributed by atoms with E-state index < -0.39 is 17.7 Å². The number of benzene rings is 1. The molecule has 1 amide bonds. The minimum Gasteiger partial charge on any atom is -0.497 e. The monoisotopic (exact) mass is 362 g/mol. The molecule has 3 aliphatic rings. The zero-order valence-corrected chi connectivity index (χ0v) is 15.0. The van der Waals surface area contributed by atoms with E-state index in [0.717, 1.165) is 37.0 Å². The number of hydrogen-bond donors (Lipinski definition) is 2. The van der Waals surface area contributed by atoms with Gasteiger partial charge in [-0.15, -0.1) is 0 Å². The predicted molar refractivity (Wildman–Crippen MR) is 92.7 cm³/mol. The van der Waals surface area contributed by atoms with Crippen LogP contribution in [0.3, 0.4) is 0 Å². The van der Waals surface area contributed by atoms with Gasteiger partial charge in [-0.2, -0.15) is 0 Å². The Morgan fingerprint density at radius 2 is 1.92 bits per heavy atom. The number of methoxy groups -OCH3 is 1. The average Bonchev–Trinajstić information content (AvgIpc) is 3.20. The number of amides is 1. The highest BCUT2D eigenvalue weighted by atomic mass is 16.8. The van der Waals surface area contributed by atoms with Crippen LogP contribution in [-0.4, -0.2) is 53.7 Å². The van der Waals surface area contributed by atoms with Crippen LogP contribution < -0.4 is 10.2 Å². The summed E-state index contributed by atoms with van der Waals surface area (Å²) in [7, 11) is 1.63. The summed E-state index contributed by atoms with van der Waals surface area (Å²) in [5.41, 5.74) is 2.86. The minimum absolute atomic E-state index is 0.127. The predicted octanol–water partition coefficient (Wildman–Crippen LogP) is 1.83. The number of rotatable bonds is 4. The second-order valence-electron chi connectivity index (χ2n) is 7.46. The lowest BCUT2D eigenvalue weighted by Crippen LogP contribution is -2.41. The Kier molecular flexibility index (Phi) is 4.88. The molecular formula is C19H26N2O5. The SMILES string of the molecule is COc1ccc(CN2CC3(C[C@@H]2C(=O)NO)OC2CCCCC2O3)cc1. The molecule has 0 bridgehead atoms. The summed E-state index contributed by atoms with van der Waals surface area (Å²) in [5, 5.41) is 9.16. The van der Waals surface area contributed by atoms with E-state index in [-0.39, 0.29) is 12.2 Å². The first-order chi connectivity index (χ1) is 12.6. The van der Waals surface area contributed by atoms with Crippen LogP contribution >= 0.6 is 0 Å². The second-order valence-corrected chi connectivity index (χ2v) is 7.46. The van der Waals surface area contributed by atoms with Crippen molar-refractivity contribution in [3.8, 4) is 5.75 Å². The number of likely N-dealkylation sites (tertiary alicyclic amines) is 1. The molecule has 1 aliphatic carbocycles. The number of carbonyl (C=O) groups excluding carboxylic acids is 1. The molecule has 4 rings (SSSR count). The first kappa shape index (κ1) is 17.7. The van der Waals surface area contributed by atoms with Gasteiger partial charge in [-0.1, -0.05) is 25.0 Å². The number of fused-ring (bicyclic) bond motifs is 1. The maximum Gasteiger partial charge on any atom is 0.260 e. The molecule has 2 aliphatic heterocycles. The third-order valence-corrected chi connectivity index (χ3v) is 5.72. The number of carbonyl (C=O) groups is 1. The molecule has 2 saturated heterocycles. The lowest BCUT2D eigenvalue weighted by Gasteiger charge is -2.24. The molecule has 1 aromatic rings. The molecule has 3 atom stereocenters. The summed E-state index contributed by atoms with van der Waals surface area (Å²) in [6.45, 7) is 1.09. The molecule has 1 aromatic carbocycles. The van der Waals surface area contributed by atoms with Gasteiger partial charge in [0.15, 0.2) is 5.79 Å². The van der Waals surface area contributed by atoms with E-state index in [1.165, 1.54) is 0 Å². The van der Waals surface area contributed by atoms with Crippen molar-refractivity contribution in [2.75, 3.05) is 13.7 Å². The Morgan fingerprint density at radius 3 is 2.50 bits per heavy atom. The largest absolute Gasteiger partial charge is 0.497 e. The van der Waals surface area contributed by atoms with Gasteiger partial charge < -0.3 is 14.2 Å². The minimum atomic E-state index is -0.747. The molecule has 26 heavy (non-hydrogen) atoms. The van der Waals surface area contributed by atoms with E-state index in [9.17, 15) is 4.79 Å².